The quantitative estimate of drug-likeness (QED) is 0.266. The number of nitrogens with one attached hydrogen (secondary N) is 2. The van der Waals surface area contributed by atoms with Gasteiger partial charge in [-0.25, -0.2) is 0 Å². The Balaban J connectivity index is 0.00000400. The van der Waals surface area contributed by atoms with Crippen molar-refractivity contribution >= 4 is 29.9 Å². The molecule has 0 unspecified atom stereocenters. The van der Waals surface area contributed by atoms with Crippen LogP contribution in [-0.4, -0.2) is 49.6 Å². The highest BCUT2D eigenvalue weighted by Gasteiger charge is 2.20. The van der Waals surface area contributed by atoms with Crippen LogP contribution in [0.25, 0.3) is 0 Å². The van der Waals surface area contributed by atoms with Crippen molar-refractivity contribution in [3.8, 4) is 0 Å². The molecule has 0 saturated heterocycles. The summed E-state index contributed by atoms with van der Waals surface area (Å²) in [5.41, 5.74) is 0. The second-order valence-electron chi connectivity index (χ2n) is 6.44. The fourth-order valence-corrected chi connectivity index (χ4v) is 2.64. The van der Waals surface area contributed by atoms with E-state index in [2.05, 4.69) is 48.2 Å². The van der Waals surface area contributed by atoms with Crippen molar-refractivity contribution < 1.29 is 0 Å². The lowest BCUT2D eigenvalue weighted by atomic mass is 10.2. The van der Waals surface area contributed by atoms with Crippen molar-refractivity contribution in [3.05, 3.63) is 0 Å². The molecule has 1 fully saturated rings. The van der Waals surface area contributed by atoms with E-state index in [1.165, 1.54) is 25.7 Å². The van der Waals surface area contributed by atoms with Gasteiger partial charge in [0.15, 0.2) is 5.96 Å². The third-order valence-electron chi connectivity index (χ3n) is 3.99. The summed E-state index contributed by atoms with van der Waals surface area (Å²) >= 11 is 0. The van der Waals surface area contributed by atoms with Crippen molar-refractivity contribution in [3.63, 3.8) is 0 Å². The smallest absolute Gasteiger partial charge is 0.191 e. The number of guanidine groups is 1. The van der Waals surface area contributed by atoms with Crippen LogP contribution in [0, 0.1) is 5.92 Å². The molecule has 1 saturated carbocycles. The summed E-state index contributed by atoms with van der Waals surface area (Å²) in [5, 5.41) is 6.82. The van der Waals surface area contributed by atoms with E-state index in [4.69, 9.17) is 0 Å². The standard InChI is InChI=1S/C16H34N4.HI/c1-13(2)20(14(3)4)12-11-19-16(17-5)18-10-6-7-15-8-9-15;/h13-15H,6-12H2,1-5H3,(H2,17,18,19);1H. The molecule has 126 valence electrons. The van der Waals surface area contributed by atoms with E-state index < -0.39 is 0 Å². The average Bonchev–Trinajstić information content (AvgIpc) is 3.20. The lowest BCUT2D eigenvalue weighted by molar-refractivity contribution is 0.178. The Kier molecular flexibility index (Phi) is 11.5. The van der Waals surface area contributed by atoms with Crippen LogP contribution < -0.4 is 10.6 Å². The van der Waals surface area contributed by atoms with Gasteiger partial charge in [-0.15, -0.1) is 24.0 Å². The van der Waals surface area contributed by atoms with Gasteiger partial charge in [0.25, 0.3) is 0 Å². The number of hydrogen-bond donors (Lipinski definition) is 2. The first-order valence-corrected chi connectivity index (χ1v) is 8.24. The summed E-state index contributed by atoms with van der Waals surface area (Å²) in [5.74, 6) is 1.96. The third-order valence-corrected chi connectivity index (χ3v) is 3.99. The van der Waals surface area contributed by atoms with Crippen LogP contribution in [0.3, 0.4) is 0 Å². The summed E-state index contributed by atoms with van der Waals surface area (Å²) in [7, 11) is 1.85. The summed E-state index contributed by atoms with van der Waals surface area (Å²) in [6.07, 6.45) is 5.54. The summed E-state index contributed by atoms with van der Waals surface area (Å²) < 4.78 is 0. The van der Waals surface area contributed by atoms with Crippen molar-refractivity contribution in [1.29, 1.82) is 0 Å². The predicted molar refractivity (Wildman–Crippen MR) is 104 cm³/mol. The monoisotopic (exact) mass is 410 g/mol. The highest BCUT2D eigenvalue weighted by Crippen LogP contribution is 2.33. The van der Waals surface area contributed by atoms with Crippen LogP contribution in [0.15, 0.2) is 4.99 Å². The summed E-state index contributed by atoms with van der Waals surface area (Å²) in [6, 6.07) is 1.18. The summed E-state index contributed by atoms with van der Waals surface area (Å²) in [4.78, 5) is 6.78. The van der Waals surface area contributed by atoms with E-state index in [-0.39, 0.29) is 24.0 Å². The van der Waals surface area contributed by atoms with Crippen molar-refractivity contribution in [2.45, 2.75) is 65.5 Å². The van der Waals surface area contributed by atoms with Gasteiger partial charge < -0.3 is 10.6 Å². The molecule has 2 N–H and O–H groups in total. The van der Waals surface area contributed by atoms with Crippen molar-refractivity contribution in [1.82, 2.24) is 15.5 Å². The molecule has 4 nitrogen and oxygen atoms in total. The number of rotatable bonds is 9. The molecule has 0 aromatic heterocycles. The SMILES string of the molecule is CN=C(NCCCC1CC1)NCCN(C(C)C)C(C)C.I. The van der Waals surface area contributed by atoms with E-state index in [0.717, 1.165) is 31.5 Å². The van der Waals surface area contributed by atoms with E-state index in [1.54, 1.807) is 0 Å². The summed E-state index contributed by atoms with van der Waals surface area (Å²) in [6.45, 7) is 12.1. The molecule has 0 radical (unpaired) electrons. The molecular formula is C16H35IN4. The zero-order valence-corrected chi connectivity index (χ0v) is 16.8. The van der Waals surface area contributed by atoms with Crippen molar-refractivity contribution in [2.24, 2.45) is 10.9 Å². The molecule has 0 aromatic carbocycles. The third kappa shape index (κ3) is 9.55. The first-order chi connectivity index (χ1) is 9.54. The van der Waals surface area contributed by atoms with Crippen LogP contribution in [-0.2, 0) is 0 Å². The Bertz CT molecular complexity index is 280. The number of halogens is 1. The van der Waals surface area contributed by atoms with Crippen molar-refractivity contribution in [2.75, 3.05) is 26.7 Å². The minimum absolute atomic E-state index is 0. The molecule has 0 aromatic rings. The Morgan fingerprint density at radius 2 is 1.67 bits per heavy atom. The van der Waals surface area contributed by atoms with Crippen LogP contribution in [0.1, 0.15) is 53.4 Å². The maximum absolute atomic E-state index is 4.28. The largest absolute Gasteiger partial charge is 0.356 e. The molecule has 0 bridgehead atoms. The predicted octanol–water partition coefficient (Wildman–Crippen LogP) is 3.08. The molecular weight excluding hydrogens is 375 g/mol. The molecule has 0 aliphatic heterocycles. The maximum atomic E-state index is 4.28. The van der Waals surface area contributed by atoms with E-state index in [1.807, 2.05) is 7.05 Å². The highest BCUT2D eigenvalue weighted by molar-refractivity contribution is 14.0. The van der Waals surface area contributed by atoms with Gasteiger partial charge in [-0.3, -0.25) is 9.89 Å². The number of hydrogen-bond acceptors (Lipinski definition) is 2. The average molecular weight is 410 g/mol. The molecule has 21 heavy (non-hydrogen) atoms. The molecule has 0 spiro atoms. The lowest BCUT2D eigenvalue weighted by Crippen LogP contribution is -2.45. The van der Waals surface area contributed by atoms with Gasteiger partial charge in [-0.05, 0) is 46.5 Å². The second-order valence-corrected chi connectivity index (χ2v) is 6.44. The number of aliphatic imine (C=N–C) groups is 1. The van der Waals surface area contributed by atoms with Gasteiger partial charge in [0.2, 0.25) is 0 Å². The van der Waals surface area contributed by atoms with Gasteiger partial charge in [0.1, 0.15) is 0 Å². The highest BCUT2D eigenvalue weighted by atomic mass is 127. The second kappa shape index (κ2) is 11.5. The van der Waals surface area contributed by atoms with Gasteiger partial charge >= 0.3 is 0 Å². The molecule has 5 heteroatoms. The Morgan fingerprint density at radius 1 is 1.10 bits per heavy atom. The van der Waals surface area contributed by atoms with Crippen LogP contribution in [0.5, 0.6) is 0 Å². The molecule has 1 aliphatic carbocycles. The van der Waals surface area contributed by atoms with Crippen LogP contribution in [0.4, 0.5) is 0 Å². The van der Waals surface area contributed by atoms with E-state index >= 15 is 0 Å². The van der Waals surface area contributed by atoms with Gasteiger partial charge in [-0.1, -0.05) is 12.8 Å². The Morgan fingerprint density at radius 3 is 2.14 bits per heavy atom. The fourth-order valence-electron chi connectivity index (χ4n) is 2.64. The lowest BCUT2D eigenvalue weighted by Gasteiger charge is -2.30. The zero-order chi connectivity index (χ0) is 15.0. The normalized spacial score (nSPS) is 15.5. The minimum Gasteiger partial charge on any atom is -0.356 e. The van der Waals surface area contributed by atoms with Gasteiger partial charge in [0, 0.05) is 38.8 Å². The topological polar surface area (TPSA) is 39.7 Å². The van der Waals surface area contributed by atoms with Crippen LogP contribution in [0.2, 0.25) is 0 Å². The molecule has 0 atom stereocenters. The van der Waals surface area contributed by atoms with Crippen LogP contribution >= 0.6 is 24.0 Å². The number of nitrogens with zero attached hydrogens (tertiary/aromatic N) is 2. The van der Waals surface area contributed by atoms with Gasteiger partial charge in [0.05, 0.1) is 0 Å². The molecule has 1 rings (SSSR count). The zero-order valence-electron chi connectivity index (χ0n) is 14.5. The van der Waals surface area contributed by atoms with E-state index in [0.29, 0.717) is 12.1 Å². The maximum Gasteiger partial charge on any atom is 0.191 e. The Hall–Kier alpha value is -0.0400. The molecule has 1 aliphatic rings. The fraction of sp³-hybridized carbons (Fsp3) is 0.938. The first kappa shape index (κ1) is 21.0. The Labute approximate surface area is 148 Å². The van der Waals surface area contributed by atoms with E-state index in [9.17, 15) is 0 Å². The minimum atomic E-state index is 0. The molecule has 0 heterocycles. The molecule has 0 amide bonds. The first-order valence-electron chi connectivity index (χ1n) is 8.24. The van der Waals surface area contributed by atoms with Gasteiger partial charge in [-0.2, -0.15) is 0 Å².